The Kier molecular flexibility index (Phi) is 15.6. The van der Waals surface area contributed by atoms with E-state index in [-0.39, 0.29) is 54.3 Å². The van der Waals surface area contributed by atoms with Gasteiger partial charge in [0, 0.05) is 23.9 Å². The fourth-order valence-corrected chi connectivity index (χ4v) is 11.3. The Hall–Kier alpha value is -4.90. The number of nitrogens with zero attached hydrogens (tertiary/aromatic N) is 2. The van der Waals surface area contributed by atoms with Crippen molar-refractivity contribution in [3.63, 3.8) is 0 Å². The summed E-state index contributed by atoms with van der Waals surface area (Å²) in [6, 6.07) is 10.3. The number of esters is 1. The summed E-state index contributed by atoms with van der Waals surface area (Å²) in [5.41, 5.74) is -0.308. The lowest BCUT2D eigenvalue weighted by atomic mass is 9.69. The van der Waals surface area contributed by atoms with Crippen molar-refractivity contribution in [2.75, 3.05) is 0 Å². The highest BCUT2D eigenvalue weighted by Gasteiger charge is 2.59. The number of hydrogen-bond acceptors (Lipinski definition) is 9. The second-order valence-corrected chi connectivity index (χ2v) is 29.4. The number of urea groups is 1. The Balaban J connectivity index is 1.85. The van der Waals surface area contributed by atoms with E-state index in [9.17, 15) is 20.1 Å². The van der Waals surface area contributed by atoms with Crippen LogP contribution < -0.4 is 5.32 Å². The first-order valence-corrected chi connectivity index (χ1v) is 26.5. The summed E-state index contributed by atoms with van der Waals surface area (Å²) in [5, 5.41) is 39.1. The van der Waals surface area contributed by atoms with Gasteiger partial charge in [0.1, 0.15) is 28.8 Å². The highest BCUT2D eigenvalue weighted by atomic mass is 16.5. The minimum Gasteiger partial charge on any atom is -0.507 e. The molecule has 5 rings (SSSR count). The van der Waals surface area contributed by atoms with Crippen molar-refractivity contribution in [3.8, 4) is 17.2 Å². The number of nitrogens with one attached hydrogen (secondary N) is 1. The average molecular weight is 1010 g/mol. The van der Waals surface area contributed by atoms with Crippen molar-refractivity contribution < 1.29 is 39.2 Å². The number of barbiturate groups is 1. The molecule has 11 nitrogen and oxygen atoms in total. The molecule has 3 aromatic rings. The molecule has 4 N–H and O–H groups in total. The van der Waals surface area contributed by atoms with Crippen LogP contribution in [0.3, 0.4) is 0 Å². The number of phenols is 3. The summed E-state index contributed by atoms with van der Waals surface area (Å²) < 4.78 is 6.37. The molecule has 0 radical (unpaired) electrons. The van der Waals surface area contributed by atoms with Gasteiger partial charge >= 0.3 is 12.0 Å². The third-order valence-electron chi connectivity index (χ3n) is 14.8. The van der Waals surface area contributed by atoms with Crippen LogP contribution in [0.4, 0.5) is 4.79 Å². The lowest BCUT2D eigenvalue weighted by molar-refractivity contribution is -0.165. The van der Waals surface area contributed by atoms with Crippen LogP contribution in [0.25, 0.3) is 0 Å². The van der Waals surface area contributed by atoms with Gasteiger partial charge in [-0.25, -0.2) is 4.79 Å². The molecule has 11 heteroatoms. The van der Waals surface area contributed by atoms with Crippen molar-refractivity contribution in [2.45, 2.75) is 248 Å². The predicted molar refractivity (Wildman–Crippen MR) is 293 cm³/mol. The van der Waals surface area contributed by atoms with Gasteiger partial charge in [0.05, 0.1) is 19.0 Å². The summed E-state index contributed by atoms with van der Waals surface area (Å²) in [7, 11) is 0. The molecular formula is C62H93N3O8. The zero-order valence-corrected chi connectivity index (χ0v) is 49.1. The van der Waals surface area contributed by atoms with Crippen LogP contribution >= 0.6 is 0 Å². The summed E-state index contributed by atoms with van der Waals surface area (Å²) >= 11 is 0. The van der Waals surface area contributed by atoms with E-state index in [0.29, 0.717) is 62.9 Å². The first-order valence-electron chi connectivity index (χ1n) is 26.5. The number of ether oxygens (including phenoxy) is 1. The van der Waals surface area contributed by atoms with E-state index in [1.165, 1.54) is 0 Å². The first kappa shape index (κ1) is 59.0. The Morgan fingerprint density at radius 2 is 0.822 bits per heavy atom. The Morgan fingerprint density at radius 1 is 0.548 bits per heavy atom. The Morgan fingerprint density at radius 3 is 1.10 bits per heavy atom. The summed E-state index contributed by atoms with van der Waals surface area (Å²) in [6.07, 6.45) is 0.203. The third kappa shape index (κ3) is 12.8. The molecule has 0 bridgehead atoms. The maximum atomic E-state index is 16.2. The SMILES string of the molecule is CC(CC1(Cc2cc(C(C)(C)C)c(O)c(C(C)(C)C)c2)C(=O)N(Cc2cc(C(C)(C)C)c(O)c(C(C)(C)C)c2)C(=O)N(Cc2cc(C(C)(C)C)c(O)c(C(C)(C)C)c2)C1=O)C(=O)OC1CC(C)(C)NC(C)(C)C1. The minimum absolute atomic E-state index is 0.135. The molecule has 1 unspecified atom stereocenters. The summed E-state index contributed by atoms with van der Waals surface area (Å²) in [4.78, 5) is 65.0. The second-order valence-electron chi connectivity index (χ2n) is 29.4. The average Bonchev–Trinajstić information content (AvgIpc) is 3.18. The van der Waals surface area contributed by atoms with Crippen LogP contribution in [0.1, 0.15) is 229 Å². The third-order valence-corrected chi connectivity index (χ3v) is 14.8. The van der Waals surface area contributed by atoms with Gasteiger partial charge in [-0.05, 0) is 147 Å². The van der Waals surface area contributed by atoms with Gasteiger partial charge in [-0.1, -0.05) is 144 Å². The van der Waals surface area contributed by atoms with Crippen molar-refractivity contribution in [1.29, 1.82) is 0 Å². The highest BCUT2D eigenvalue weighted by Crippen LogP contribution is 2.47. The molecule has 2 saturated heterocycles. The van der Waals surface area contributed by atoms with Gasteiger partial charge in [0.2, 0.25) is 11.8 Å². The minimum atomic E-state index is -2.05. The van der Waals surface area contributed by atoms with Gasteiger partial charge in [0.15, 0.2) is 0 Å². The molecule has 0 aromatic heterocycles. The van der Waals surface area contributed by atoms with Crippen LogP contribution in [0.5, 0.6) is 17.2 Å². The van der Waals surface area contributed by atoms with Gasteiger partial charge in [-0.15, -0.1) is 0 Å². The molecule has 3 aromatic carbocycles. The zero-order chi connectivity index (χ0) is 55.9. The Bertz CT molecular complexity index is 2400. The fraction of sp³-hybridized carbons (Fsp3) is 0.645. The first-order chi connectivity index (χ1) is 32.7. The lowest BCUT2D eigenvalue weighted by Crippen LogP contribution is -2.65. The zero-order valence-electron chi connectivity index (χ0n) is 49.1. The number of phenolic OH excluding ortho intramolecular Hbond substituents is 3. The quantitative estimate of drug-likeness (QED) is 0.115. The van der Waals surface area contributed by atoms with Gasteiger partial charge in [-0.2, -0.15) is 0 Å². The van der Waals surface area contributed by atoms with E-state index in [2.05, 4.69) is 33.0 Å². The van der Waals surface area contributed by atoms with Crippen LogP contribution in [0.15, 0.2) is 36.4 Å². The van der Waals surface area contributed by atoms with E-state index >= 15 is 14.4 Å². The maximum absolute atomic E-state index is 16.2. The van der Waals surface area contributed by atoms with Crippen LogP contribution in [0.2, 0.25) is 0 Å². The maximum Gasteiger partial charge on any atom is 0.334 e. The van der Waals surface area contributed by atoms with E-state index in [4.69, 9.17) is 4.74 Å². The number of rotatable bonds is 10. The van der Waals surface area contributed by atoms with Crippen LogP contribution in [0, 0.1) is 11.3 Å². The van der Waals surface area contributed by atoms with Gasteiger partial charge in [0.25, 0.3) is 0 Å². The molecule has 404 valence electrons. The highest BCUT2D eigenvalue weighted by molar-refractivity contribution is 6.19. The normalized spacial score (nSPS) is 18.6. The molecule has 2 aliphatic heterocycles. The van der Waals surface area contributed by atoms with Crippen molar-refractivity contribution in [1.82, 2.24) is 15.1 Å². The van der Waals surface area contributed by atoms with Crippen molar-refractivity contribution in [2.24, 2.45) is 11.3 Å². The molecule has 2 fully saturated rings. The molecule has 73 heavy (non-hydrogen) atoms. The monoisotopic (exact) mass is 1010 g/mol. The number of amides is 4. The number of carbonyl (C=O) groups is 4. The van der Waals surface area contributed by atoms with E-state index in [1.54, 1.807) is 6.92 Å². The smallest absolute Gasteiger partial charge is 0.334 e. The molecular weight excluding hydrogens is 915 g/mol. The van der Waals surface area contributed by atoms with Gasteiger partial charge in [-0.3, -0.25) is 24.2 Å². The van der Waals surface area contributed by atoms with E-state index in [1.807, 2.05) is 161 Å². The number of aromatic hydroxyl groups is 3. The van der Waals surface area contributed by atoms with E-state index in [0.717, 1.165) is 9.80 Å². The summed E-state index contributed by atoms with van der Waals surface area (Å²) in [6.45, 7) is 45.5. The number of hydrogen-bond donors (Lipinski definition) is 4. The standard InChI is InChI=1S/C62H93N3O8/c1-36(50(69)73-40-32-60(20,21)63-61(22,23)33-40)30-62(31-37-24-41(54(2,3)4)47(66)42(25-37)55(5,6)7)51(70)64(34-38-26-43(56(8,9)10)48(67)44(27-38)57(11,12)13)53(72)65(52(62)71)35-39-28-45(58(14,15)16)49(68)46(29-39)59(17,18)19/h24-29,36,40,63,66-68H,30-35H2,1-23H3. The second kappa shape index (κ2) is 19.3. The lowest BCUT2D eigenvalue weighted by Gasteiger charge is -2.46. The largest absolute Gasteiger partial charge is 0.507 e. The molecule has 4 amide bonds. The summed E-state index contributed by atoms with van der Waals surface area (Å²) in [5.74, 6) is -2.60. The Labute approximate surface area is 439 Å². The van der Waals surface area contributed by atoms with Crippen LogP contribution in [-0.2, 0) is 71.1 Å². The van der Waals surface area contributed by atoms with Crippen molar-refractivity contribution >= 4 is 23.8 Å². The number of carbonyl (C=O) groups excluding carboxylic acids is 4. The fourth-order valence-electron chi connectivity index (χ4n) is 11.3. The van der Waals surface area contributed by atoms with Crippen molar-refractivity contribution in [3.05, 3.63) is 86.5 Å². The number of benzene rings is 3. The molecule has 0 spiro atoms. The van der Waals surface area contributed by atoms with Crippen LogP contribution in [-0.4, -0.2) is 66.1 Å². The molecule has 1 atom stereocenters. The topological polar surface area (TPSA) is 157 Å². The molecule has 2 heterocycles. The van der Waals surface area contributed by atoms with E-state index < -0.39 is 73.7 Å². The number of piperidine rings is 1. The molecule has 0 saturated carbocycles. The van der Waals surface area contributed by atoms with Gasteiger partial charge < -0.3 is 25.4 Å². The number of imide groups is 2. The molecule has 0 aliphatic carbocycles. The predicted octanol–water partition coefficient (Wildman–Crippen LogP) is 13.2. The molecule has 2 aliphatic rings.